The summed E-state index contributed by atoms with van der Waals surface area (Å²) in [5, 5.41) is 0. The minimum atomic E-state index is -0.936. The maximum atomic E-state index is 13.9. The summed E-state index contributed by atoms with van der Waals surface area (Å²) >= 11 is 0. The molecule has 0 spiro atoms. The zero-order chi connectivity index (χ0) is 14.1. The summed E-state index contributed by atoms with van der Waals surface area (Å²) in [5.41, 5.74) is 7.58. The van der Waals surface area contributed by atoms with E-state index in [1.54, 1.807) is 18.5 Å². The lowest BCUT2D eigenvalue weighted by molar-refractivity contribution is 0.504. The number of hydrogen-bond acceptors (Lipinski definition) is 3. The number of nitrogens with zero attached hydrogens (tertiary/aromatic N) is 3. The molecule has 0 saturated heterocycles. The van der Waals surface area contributed by atoms with E-state index in [0.29, 0.717) is 16.9 Å². The molecular weight excluding hydrogens is 262 g/mol. The number of aromatic nitrogens is 3. The Balaban J connectivity index is 2.21. The van der Waals surface area contributed by atoms with Crippen molar-refractivity contribution in [3.63, 3.8) is 0 Å². The minimum Gasteiger partial charge on any atom is -0.398 e. The summed E-state index contributed by atoms with van der Waals surface area (Å²) in [7, 11) is 0. The quantitative estimate of drug-likeness (QED) is 0.780. The molecule has 0 aliphatic heterocycles. The van der Waals surface area contributed by atoms with Crippen molar-refractivity contribution < 1.29 is 8.78 Å². The van der Waals surface area contributed by atoms with Crippen LogP contribution in [0.2, 0.25) is 0 Å². The number of nitrogen functional groups attached to an aromatic ring is 1. The molecule has 0 aliphatic carbocycles. The molecule has 1 aromatic carbocycles. The van der Waals surface area contributed by atoms with E-state index < -0.39 is 11.6 Å². The van der Waals surface area contributed by atoms with Gasteiger partial charge in [-0.1, -0.05) is 6.07 Å². The lowest BCUT2D eigenvalue weighted by Crippen LogP contribution is -2.02. The van der Waals surface area contributed by atoms with Gasteiger partial charge >= 0.3 is 0 Å². The zero-order valence-corrected chi connectivity index (χ0v) is 10.3. The monoisotopic (exact) mass is 272 g/mol. The molecule has 0 unspecified atom stereocenters. The van der Waals surface area contributed by atoms with Crippen molar-refractivity contribution >= 4 is 5.69 Å². The van der Waals surface area contributed by atoms with Crippen LogP contribution < -0.4 is 5.73 Å². The van der Waals surface area contributed by atoms with Gasteiger partial charge in [0.1, 0.15) is 0 Å². The molecule has 0 aliphatic rings. The zero-order valence-electron chi connectivity index (χ0n) is 10.3. The van der Waals surface area contributed by atoms with E-state index in [1.165, 1.54) is 29.2 Å². The van der Waals surface area contributed by atoms with Crippen LogP contribution >= 0.6 is 0 Å². The number of hydrogen-bond donors (Lipinski definition) is 1. The molecule has 2 heterocycles. The molecule has 0 atom stereocenters. The van der Waals surface area contributed by atoms with Crippen LogP contribution in [0.3, 0.4) is 0 Å². The lowest BCUT2D eigenvalue weighted by Gasteiger charge is -2.10. The van der Waals surface area contributed by atoms with Gasteiger partial charge in [-0.05, 0) is 18.2 Å². The van der Waals surface area contributed by atoms with Crippen LogP contribution in [0.25, 0.3) is 16.9 Å². The average molecular weight is 272 g/mol. The van der Waals surface area contributed by atoms with Crippen molar-refractivity contribution in [3.05, 3.63) is 60.8 Å². The highest BCUT2D eigenvalue weighted by Crippen LogP contribution is 2.28. The number of nitrogens with two attached hydrogens (primary N) is 1. The van der Waals surface area contributed by atoms with Crippen LogP contribution in [0.15, 0.2) is 49.2 Å². The Kier molecular flexibility index (Phi) is 2.90. The van der Waals surface area contributed by atoms with Gasteiger partial charge < -0.3 is 5.73 Å². The summed E-state index contributed by atoms with van der Waals surface area (Å²) in [5.74, 6) is -1.85. The second-order valence-corrected chi connectivity index (χ2v) is 4.18. The fraction of sp³-hybridized carbons (Fsp3) is 0. The van der Waals surface area contributed by atoms with Crippen LogP contribution in [0, 0.1) is 11.6 Å². The largest absolute Gasteiger partial charge is 0.398 e. The molecule has 0 bridgehead atoms. The van der Waals surface area contributed by atoms with Crippen molar-refractivity contribution in [2.24, 2.45) is 0 Å². The van der Waals surface area contributed by atoms with Crippen LogP contribution in [0.5, 0.6) is 0 Å². The van der Waals surface area contributed by atoms with E-state index in [9.17, 15) is 8.78 Å². The molecule has 3 aromatic rings. The molecule has 2 aromatic heterocycles. The van der Waals surface area contributed by atoms with Gasteiger partial charge in [-0.15, -0.1) is 0 Å². The Labute approximate surface area is 113 Å². The summed E-state index contributed by atoms with van der Waals surface area (Å²) < 4.78 is 28.7. The average Bonchev–Trinajstić information content (AvgIpc) is 2.91. The fourth-order valence-electron chi connectivity index (χ4n) is 1.98. The third-order valence-corrected chi connectivity index (χ3v) is 2.96. The summed E-state index contributed by atoms with van der Waals surface area (Å²) in [6.07, 6.45) is 6.04. The van der Waals surface area contributed by atoms with Crippen molar-refractivity contribution in [1.29, 1.82) is 0 Å². The van der Waals surface area contributed by atoms with E-state index in [-0.39, 0.29) is 5.69 Å². The Bertz CT molecular complexity index is 767. The molecular formula is C14H10F2N4. The fourth-order valence-corrected chi connectivity index (χ4v) is 1.98. The molecule has 6 heteroatoms. The maximum Gasteiger partial charge on any atom is 0.182 e. The standard InChI is InChI=1S/C14H10F2N4/c15-10-2-1-3-12(14(10)16)20-8-19-7-13(20)9-6-18-5-4-11(9)17/h1-8H,(H2,17,18). The second kappa shape index (κ2) is 4.73. The Morgan fingerprint density at radius 2 is 1.90 bits per heavy atom. The first-order valence-electron chi connectivity index (χ1n) is 5.85. The number of halogens is 2. The van der Waals surface area contributed by atoms with Gasteiger partial charge in [0, 0.05) is 23.6 Å². The third-order valence-electron chi connectivity index (χ3n) is 2.96. The Hall–Kier alpha value is -2.76. The predicted molar refractivity (Wildman–Crippen MR) is 71.1 cm³/mol. The Morgan fingerprint density at radius 3 is 2.70 bits per heavy atom. The predicted octanol–water partition coefficient (Wildman–Crippen LogP) is 2.79. The molecule has 3 rings (SSSR count). The van der Waals surface area contributed by atoms with E-state index in [4.69, 9.17) is 5.73 Å². The highest BCUT2D eigenvalue weighted by atomic mass is 19.2. The van der Waals surface area contributed by atoms with Crippen LogP contribution in [0.1, 0.15) is 0 Å². The number of imidazole rings is 1. The van der Waals surface area contributed by atoms with Gasteiger partial charge in [-0.3, -0.25) is 9.55 Å². The first kappa shape index (κ1) is 12.3. The molecule has 2 N–H and O–H groups in total. The first-order valence-corrected chi connectivity index (χ1v) is 5.85. The van der Waals surface area contributed by atoms with Gasteiger partial charge in [0.2, 0.25) is 0 Å². The van der Waals surface area contributed by atoms with Crippen molar-refractivity contribution in [3.8, 4) is 16.9 Å². The van der Waals surface area contributed by atoms with Crippen LogP contribution in [0.4, 0.5) is 14.5 Å². The van der Waals surface area contributed by atoms with E-state index in [1.807, 2.05) is 0 Å². The summed E-state index contributed by atoms with van der Waals surface area (Å²) in [6, 6.07) is 5.60. The maximum absolute atomic E-state index is 13.9. The van der Waals surface area contributed by atoms with Gasteiger partial charge in [-0.2, -0.15) is 0 Å². The van der Waals surface area contributed by atoms with Crippen molar-refractivity contribution in [1.82, 2.24) is 14.5 Å². The first-order chi connectivity index (χ1) is 9.68. The number of rotatable bonds is 2. The third kappa shape index (κ3) is 1.91. The van der Waals surface area contributed by atoms with Crippen LogP contribution in [-0.4, -0.2) is 14.5 Å². The van der Waals surface area contributed by atoms with Gasteiger partial charge in [0.15, 0.2) is 11.6 Å². The van der Waals surface area contributed by atoms with Gasteiger partial charge in [0.05, 0.1) is 23.9 Å². The van der Waals surface area contributed by atoms with Crippen molar-refractivity contribution in [2.45, 2.75) is 0 Å². The van der Waals surface area contributed by atoms with E-state index in [0.717, 1.165) is 6.07 Å². The highest BCUT2D eigenvalue weighted by molar-refractivity contribution is 5.73. The van der Waals surface area contributed by atoms with Crippen molar-refractivity contribution in [2.75, 3.05) is 5.73 Å². The normalized spacial score (nSPS) is 10.7. The van der Waals surface area contributed by atoms with Gasteiger partial charge in [-0.25, -0.2) is 13.8 Å². The molecule has 0 saturated carbocycles. The number of pyridine rings is 1. The molecule has 100 valence electrons. The second-order valence-electron chi connectivity index (χ2n) is 4.18. The lowest BCUT2D eigenvalue weighted by atomic mass is 10.1. The molecule has 0 amide bonds. The van der Waals surface area contributed by atoms with E-state index >= 15 is 0 Å². The molecule has 4 nitrogen and oxygen atoms in total. The summed E-state index contributed by atoms with van der Waals surface area (Å²) in [4.78, 5) is 7.96. The smallest absolute Gasteiger partial charge is 0.182 e. The number of benzene rings is 1. The molecule has 0 radical (unpaired) electrons. The van der Waals surface area contributed by atoms with E-state index in [2.05, 4.69) is 9.97 Å². The topological polar surface area (TPSA) is 56.7 Å². The Morgan fingerprint density at radius 1 is 1.05 bits per heavy atom. The SMILES string of the molecule is Nc1ccncc1-c1cncn1-c1cccc(F)c1F. The minimum absolute atomic E-state index is 0.0701. The highest BCUT2D eigenvalue weighted by Gasteiger charge is 2.15. The molecule has 20 heavy (non-hydrogen) atoms. The molecule has 0 fully saturated rings. The summed E-state index contributed by atoms with van der Waals surface area (Å²) in [6.45, 7) is 0. The van der Waals surface area contributed by atoms with Crippen LogP contribution in [-0.2, 0) is 0 Å². The van der Waals surface area contributed by atoms with Gasteiger partial charge in [0.25, 0.3) is 0 Å². The number of anilines is 1.